The van der Waals surface area contributed by atoms with E-state index in [0.29, 0.717) is 5.69 Å². The van der Waals surface area contributed by atoms with E-state index in [0.717, 1.165) is 40.4 Å². The van der Waals surface area contributed by atoms with E-state index < -0.39 is 11.7 Å². The van der Waals surface area contributed by atoms with Crippen LogP contribution in [-0.2, 0) is 6.18 Å². The Hall–Kier alpha value is -2.44. The van der Waals surface area contributed by atoms with Gasteiger partial charge in [0.15, 0.2) is 0 Å². The third kappa shape index (κ3) is 5.05. The van der Waals surface area contributed by atoms with Gasteiger partial charge in [0.05, 0.1) is 5.56 Å². The van der Waals surface area contributed by atoms with Gasteiger partial charge in [0.1, 0.15) is 0 Å². The van der Waals surface area contributed by atoms with Crippen LogP contribution in [0.5, 0.6) is 0 Å². The van der Waals surface area contributed by atoms with E-state index in [4.69, 9.17) is 0 Å². The SMILES string of the molecule is CCNSc1ccc(-c2ccccc2Nc2ccc(C(F)(F)F)cc2)cc1. The van der Waals surface area contributed by atoms with Gasteiger partial charge in [0, 0.05) is 28.4 Å². The van der Waals surface area contributed by atoms with Crippen LogP contribution in [0.2, 0.25) is 0 Å². The van der Waals surface area contributed by atoms with Crippen molar-refractivity contribution in [3.05, 3.63) is 78.4 Å². The highest BCUT2D eigenvalue weighted by Gasteiger charge is 2.29. The first-order valence-corrected chi connectivity index (χ1v) is 9.32. The Kier molecular flexibility index (Phi) is 6.08. The van der Waals surface area contributed by atoms with E-state index >= 15 is 0 Å². The third-order valence-corrected chi connectivity index (χ3v) is 4.86. The molecule has 0 bridgehead atoms. The summed E-state index contributed by atoms with van der Waals surface area (Å²) in [5.74, 6) is 0. The maximum atomic E-state index is 12.7. The molecule has 27 heavy (non-hydrogen) atoms. The van der Waals surface area contributed by atoms with Crippen molar-refractivity contribution < 1.29 is 13.2 Å². The van der Waals surface area contributed by atoms with Crippen molar-refractivity contribution in [2.75, 3.05) is 11.9 Å². The summed E-state index contributed by atoms with van der Waals surface area (Å²) < 4.78 is 41.4. The molecule has 0 saturated carbocycles. The fraction of sp³-hybridized carbons (Fsp3) is 0.143. The molecule has 3 aromatic rings. The van der Waals surface area contributed by atoms with Crippen LogP contribution in [0.15, 0.2) is 77.7 Å². The monoisotopic (exact) mass is 388 g/mol. The van der Waals surface area contributed by atoms with Gasteiger partial charge in [-0.15, -0.1) is 0 Å². The first-order valence-electron chi connectivity index (χ1n) is 8.51. The van der Waals surface area contributed by atoms with Gasteiger partial charge in [-0.1, -0.05) is 37.3 Å². The molecule has 6 heteroatoms. The fourth-order valence-electron chi connectivity index (χ4n) is 2.60. The Labute approximate surface area is 160 Å². The Bertz CT molecular complexity index is 875. The molecule has 0 spiro atoms. The smallest absolute Gasteiger partial charge is 0.355 e. The molecule has 0 aromatic heterocycles. The number of nitrogens with one attached hydrogen (secondary N) is 2. The molecule has 0 radical (unpaired) electrons. The topological polar surface area (TPSA) is 24.1 Å². The van der Waals surface area contributed by atoms with Gasteiger partial charge < -0.3 is 5.32 Å². The van der Waals surface area contributed by atoms with Crippen molar-refractivity contribution in [1.82, 2.24) is 4.72 Å². The maximum absolute atomic E-state index is 12.7. The highest BCUT2D eigenvalue weighted by atomic mass is 32.2. The number of alkyl halides is 3. The molecule has 0 fully saturated rings. The molecule has 0 saturated heterocycles. The molecular formula is C21H19F3N2S. The van der Waals surface area contributed by atoms with E-state index in [1.54, 1.807) is 11.9 Å². The Balaban J connectivity index is 1.82. The van der Waals surface area contributed by atoms with Crippen LogP contribution >= 0.6 is 11.9 Å². The molecule has 0 unspecified atom stereocenters. The van der Waals surface area contributed by atoms with Gasteiger partial charge in [0.25, 0.3) is 0 Å². The minimum Gasteiger partial charge on any atom is -0.355 e. The van der Waals surface area contributed by atoms with Crippen LogP contribution in [0.1, 0.15) is 12.5 Å². The normalized spacial score (nSPS) is 11.4. The Morgan fingerprint density at radius 1 is 0.852 bits per heavy atom. The molecule has 2 nitrogen and oxygen atoms in total. The lowest BCUT2D eigenvalue weighted by Crippen LogP contribution is -2.04. The van der Waals surface area contributed by atoms with Crippen molar-refractivity contribution in [3.8, 4) is 11.1 Å². The quantitative estimate of drug-likeness (QED) is 0.458. The maximum Gasteiger partial charge on any atom is 0.416 e. The molecule has 3 rings (SSSR count). The van der Waals surface area contributed by atoms with Crippen LogP contribution in [-0.4, -0.2) is 6.54 Å². The third-order valence-electron chi connectivity index (χ3n) is 3.92. The molecular weight excluding hydrogens is 369 g/mol. The van der Waals surface area contributed by atoms with Gasteiger partial charge >= 0.3 is 6.18 Å². The van der Waals surface area contributed by atoms with E-state index in [-0.39, 0.29) is 0 Å². The number of benzene rings is 3. The molecule has 0 atom stereocenters. The minimum atomic E-state index is -4.33. The van der Waals surface area contributed by atoms with Crippen LogP contribution in [0, 0.1) is 0 Å². The standard InChI is InChI=1S/C21H19F3N2S/c1-2-25-27-18-13-7-15(8-14-18)19-5-3-4-6-20(19)26-17-11-9-16(10-12-17)21(22,23)24/h3-14,25-26H,2H2,1H3. The minimum absolute atomic E-state index is 0.606. The molecule has 140 valence electrons. The number of halogens is 3. The molecule has 0 aliphatic heterocycles. The highest BCUT2D eigenvalue weighted by Crippen LogP contribution is 2.33. The second-order valence-electron chi connectivity index (χ2n) is 5.87. The van der Waals surface area contributed by atoms with Crippen molar-refractivity contribution in [2.24, 2.45) is 0 Å². The number of anilines is 2. The summed E-state index contributed by atoms with van der Waals surface area (Å²) in [5.41, 5.74) is 2.80. The summed E-state index contributed by atoms with van der Waals surface area (Å²) >= 11 is 1.58. The zero-order valence-corrected chi connectivity index (χ0v) is 15.5. The Morgan fingerprint density at radius 2 is 1.52 bits per heavy atom. The zero-order chi connectivity index (χ0) is 19.3. The molecule has 0 heterocycles. The summed E-state index contributed by atoms with van der Waals surface area (Å²) in [6, 6.07) is 20.9. The summed E-state index contributed by atoms with van der Waals surface area (Å²) in [5, 5.41) is 3.21. The van der Waals surface area contributed by atoms with Crippen LogP contribution < -0.4 is 10.0 Å². The predicted molar refractivity (Wildman–Crippen MR) is 106 cm³/mol. The largest absolute Gasteiger partial charge is 0.416 e. The van der Waals surface area contributed by atoms with Crippen molar-refractivity contribution in [1.29, 1.82) is 0 Å². The fourth-order valence-corrected chi connectivity index (χ4v) is 3.18. The number of hydrogen-bond donors (Lipinski definition) is 2. The molecule has 0 aliphatic carbocycles. The summed E-state index contributed by atoms with van der Waals surface area (Å²) in [6.07, 6.45) is -4.33. The van der Waals surface area contributed by atoms with E-state index in [2.05, 4.69) is 10.0 Å². The molecule has 0 amide bonds. The second kappa shape index (κ2) is 8.50. The summed E-state index contributed by atoms with van der Waals surface area (Å²) in [6.45, 7) is 2.93. The van der Waals surface area contributed by atoms with Crippen LogP contribution in [0.4, 0.5) is 24.5 Å². The summed E-state index contributed by atoms with van der Waals surface area (Å²) in [7, 11) is 0. The molecule has 3 aromatic carbocycles. The number of para-hydroxylation sites is 1. The highest BCUT2D eigenvalue weighted by molar-refractivity contribution is 7.97. The van der Waals surface area contributed by atoms with Gasteiger partial charge in [-0.25, -0.2) is 0 Å². The average Bonchev–Trinajstić information content (AvgIpc) is 2.67. The number of rotatable bonds is 6. The number of hydrogen-bond acceptors (Lipinski definition) is 3. The van der Waals surface area contributed by atoms with E-state index in [9.17, 15) is 13.2 Å². The lowest BCUT2D eigenvalue weighted by molar-refractivity contribution is -0.137. The molecule has 0 aliphatic rings. The van der Waals surface area contributed by atoms with E-state index in [1.165, 1.54) is 12.1 Å². The lowest BCUT2D eigenvalue weighted by Gasteiger charge is -2.14. The van der Waals surface area contributed by atoms with Crippen molar-refractivity contribution in [2.45, 2.75) is 18.0 Å². The van der Waals surface area contributed by atoms with Crippen molar-refractivity contribution in [3.63, 3.8) is 0 Å². The van der Waals surface area contributed by atoms with E-state index in [1.807, 2.05) is 55.5 Å². The summed E-state index contributed by atoms with van der Waals surface area (Å²) in [4.78, 5) is 1.12. The lowest BCUT2D eigenvalue weighted by atomic mass is 10.0. The zero-order valence-electron chi connectivity index (χ0n) is 14.7. The average molecular weight is 388 g/mol. The predicted octanol–water partition coefficient (Wildman–Crippen LogP) is 6.73. The Morgan fingerprint density at radius 3 is 2.15 bits per heavy atom. The van der Waals surface area contributed by atoms with Crippen molar-refractivity contribution >= 4 is 23.3 Å². The molecule has 2 N–H and O–H groups in total. The van der Waals surface area contributed by atoms with Crippen LogP contribution in [0.3, 0.4) is 0 Å². The first-order chi connectivity index (χ1) is 13.0. The second-order valence-corrected chi connectivity index (χ2v) is 6.83. The first kappa shape index (κ1) is 19.3. The van der Waals surface area contributed by atoms with Crippen LogP contribution in [0.25, 0.3) is 11.1 Å². The van der Waals surface area contributed by atoms with Gasteiger partial charge in [-0.2, -0.15) is 13.2 Å². The van der Waals surface area contributed by atoms with Gasteiger partial charge in [0.2, 0.25) is 0 Å². The van der Waals surface area contributed by atoms with Gasteiger partial charge in [-0.3, -0.25) is 4.72 Å². The van der Waals surface area contributed by atoms with Gasteiger partial charge in [-0.05, 0) is 60.0 Å².